The molecule has 2 N–H and O–H groups in total. The van der Waals surface area contributed by atoms with Crippen molar-refractivity contribution in [1.29, 1.82) is 0 Å². The van der Waals surface area contributed by atoms with Crippen molar-refractivity contribution in [3.63, 3.8) is 0 Å². The van der Waals surface area contributed by atoms with Crippen LogP contribution >= 0.6 is 0 Å². The second-order valence-electron chi connectivity index (χ2n) is 7.86. The van der Waals surface area contributed by atoms with Crippen LogP contribution in [0.4, 0.5) is 5.69 Å². The Morgan fingerprint density at radius 2 is 2.14 bits per heavy atom. The number of carbonyl (C=O) groups excluding carboxylic acids is 1. The topological polar surface area (TPSA) is 46.3 Å². The number of anilines is 1. The number of nitrogens with two attached hydrogens (primary N) is 1. The second kappa shape index (κ2) is 4.82. The molecule has 0 amide bonds. The van der Waals surface area contributed by atoms with Crippen molar-refractivity contribution in [3.05, 3.63) is 29.3 Å². The molecule has 2 aliphatic carbocycles. The number of ketones is 1. The summed E-state index contributed by atoms with van der Waals surface area (Å²) in [5, 5.41) is 0. The predicted molar refractivity (Wildman–Crippen MR) is 89.0 cm³/mol. The molecule has 0 spiro atoms. The van der Waals surface area contributed by atoms with E-state index in [1.807, 2.05) is 12.1 Å². The summed E-state index contributed by atoms with van der Waals surface area (Å²) in [6.45, 7) is 6.80. The fourth-order valence-corrected chi connectivity index (χ4v) is 4.70. The highest BCUT2D eigenvalue weighted by Gasteiger charge is 2.51. The van der Waals surface area contributed by atoms with Crippen molar-refractivity contribution >= 4 is 11.5 Å². The van der Waals surface area contributed by atoms with Crippen molar-refractivity contribution in [2.24, 2.45) is 11.8 Å². The van der Waals surface area contributed by atoms with Gasteiger partial charge in [0.15, 0.2) is 5.78 Å². The molecule has 2 bridgehead atoms. The summed E-state index contributed by atoms with van der Waals surface area (Å²) in [5.41, 5.74) is 8.97. The standard InChI is InChI=1S/C19H26N2O/c1-12-17-18(22)15-7-6-14(20)10-16(15)19(12,2)8-3-9-21(17)11-13-4-5-13/h6-7,10,12-13,17H,3-5,8-9,11,20H2,1-2H3/t12-,17-,19-/m0/s1. The molecular formula is C19H26N2O. The maximum absolute atomic E-state index is 13.2. The van der Waals surface area contributed by atoms with E-state index in [1.165, 1.54) is 24.8 Å². The first-order chi connectivity index (χ1) is 10.5. The number of fused-ring (bicyclic) bond motifs is 4. The van der Waals surface area contributed by atoms with E-state index in [4.69, 9.17) is 5.73 Å². The Morgan fingerprint density at radius 3 is 2.86 bits per heavy atom. The van der Waals surface area contributed by atoms with Crippen LogP contribution in [0.3, 0.4) is 0 Å². The van der Waals surface area contributed by atoms with Crippen LogP contribution in [0.25, 0.3) is 0 Å². The maximum atomic E-state index is 13.2. The van der Waals surface area contributed by atoms with E-state index in [0.29, 0.717) is 11.7 Å². The second-order valence-corrected chi connectivity index (χ2v) is 7.86. The number of nitrogen functional groups attached to an aromatic ring is 1. The third kappa shape index (κ3) is 2.02. The highest BCUT2D eigenvalue weighted by Crippen LogP contribution is 2.49. The monoisotopic (exact) mass is 298 g/mol. The fraction of sp³-hybridized carbons (Fsp3) is 0.632. The average molecular weight is 298 g/mol. The molecule has 0 unspecified atom stereocenters. The first-order valence-corrected chi connectivity index (χ1v) is 8.69. The van der Waals surface area contributed by atoms with Gasteiger partial charge in [-0.25, -0.2) is 0 Å². The first kappa shape index (κ1) is 14.3. The van der Waals surface area contributed by atoms with Crippen molar-refractivity contribution in [3.8, 4) is 0 Å². The molecule has 1 aromatic carbocycles. The van der Waals surface area contributed by atoms with Gasteiger partial charge in [-0.05, 0) is 73.2 Å². The summed E-state index contributed by atoms with van der Waals surface area (Å²) in [7, 11) is 0. The van der Waals surface area contributed by atoms with Gasteiger partial charge in [-0.2, -0.15) is 0 Å². The Kier molecular flexibility index (Phi) is 3.12. The van der Waals surface area contributed by atoms with E-state index in [9.17, 15) is 4.79 Å². The van der Waals surface area contributed by atoms with Gasteiger partial charge in [0, 0.05) is 17.8 Å². The molecule has 1 saturated heterocycles. The Labute approximate surface area is 132 Å². The molecule has 1 aliphatic heterocycles. The average Bonchev–Trinajstić information content (AvgIpc) is 3.29. The lowest BCUT2D eigenvalue weighted by atomic mass is 9.61. The lowest BCUT2D eigenvalue weighted by Gasteiger charge is -2.46. The Hall–Kier alpha value is -1.35. The fourth-order valence-electron chi connectivity index (χ4n) is 4.70. The molecule has 118 valence electrons. The van der Waals surface area contributed by atoms with Crippen LogP contribution < -0.4 is 5.73 Å². The van der Waals surface area contributed by atoms with Crippen molar-refractivity contribution in [1.82, 2.24) is 4.90 Å². The first-order valence-electron chi connectivity index (χ1n) is 8.69. The zero-order valence-electron chi connectivity index (χ0n) is 13.6. The summed E-state index contributed by atoms with van der Waals surface area (Å²) < 4.78 is 0. The number of likely N-dealkylation sites (tertiary alicyclic amines) is 1. The summed E-state index contributed by atoms with van der Waals surface area (Å²) in [6.07, 6.45) is 5.01. The normalized spacial score (nSPS) is 35.1. The number of carbonyl (C=O) groups is 1. The molecule has 3 atom stereocenters. The molecule has 4 rings (SSSR count). The van der Waals surface area contributed by atoms with Gasteiger partial charge in [0.1, 0.15) is 0 Å². The van der Waals surface area contributed by atoms with E-state index >= 15 is 0 Å². The summed E-state index contributed by atoms with van der Waals surface area (Å²) in [5.74, 6) is 1.51. The van der Waals surface area contributed by atoms with Gasteiger partial charge in [-0.3, -0.25) is 9.69 Å². The van der Waals surface area contributed by atoms with E-state index in [0.717, 1.165) is 36.7 Å². The molecule has 0 radical (unpaired) electrons. The molecule has 1 saturated carbocycles. The van der Waals surface area contributed by atoms with Gasteiger partial charge >= 0.3 is 0 Å². The highest BCUT2D eigenvalue weighted by atomic mass is 16.1. The van der Waals surface area contributed by atoms with Gasteiger partial charge < -0.3 is 5.73 Å². The van der Waals surface area contributed by atoms with Crippen molar-refractivity contribution < 1.29 is 4.79 Å². The molecule has 3 nitrogen and oxygen atoms in total. The smallest absolute Gasteiger partial charge is 0.180 e. The number of hydrogen-bond donors (Lipinski definition) is 1. The van der Waals surface area contributed by atoms with Crippen LogP contribution in [0.1, 0.15) is 55.5 Å². The zero-order chi connectivity index (χ0) is 15.5. The van der Waals surface area contributed by atoms with Crippen LogP contribution in [-0.2, 0) is 5.41 Å². The third-order valence-corrected chi connectivity index (χ3v) is 6.40. The van der Waals surface area contributed by atoms with Crippen LogP contribution in [0.5, 0.6) is 0 Å². The largest absolute Gasteiger partial charge is 0.399 e. The number of Topliss-reactive ketones (excluding diaryl/α,β-unsaturated/α-hetero) is 1. The van der Waals surface area contributed by atoms with E-state index in [2.05, 4.69) is 24.8 Å². The van der Waals surface area contributed by atoms with Gasteiger partial charge in [-0.15, -0.1) is 0 Å². The van der Waals surface area contributed by atoms with Gasteiger partial charge in [0.2, 0.25) is 0 Å². The lowest BCUT2D eigenvalue weighted by molar-refractivity contribution is 0.0642. The number of benzene rings is 1. The van der Waals surface area contributed by atoms with Crippen LogP contribution in [0.2, 0.25) is 0 Å². The Morgan fingerprint density at radius 1 is 1.36 bits per heavy atom. The van der Waals surface area contributed by atoms with E-state index < -0.39 is 0 Å². The van der Waals surface area contributed by atoms with Gasteiger partial charge in [0.05, 0.1) is 6.04 Å². The number of nitrogens with zero attached hydrogens (tertiary/aromatic N) is 1. The molecule has 2 fully saturated rings. The summed E-state index contributed by atoms with van der Waals surface area (Å²) in [6, 6.07) is 5.96. The van der Waals surface area contributed by atoms with Gasteiger partial charge in [0.25, 0.3) is 0 Å². The summed E-state index contributed by atoms with van der Waals surface area (Å²) >= 11 is 0. The molecule has 3 aliphatic rings. The van der Waals surface area contributed by atoms with Crippen molar-refractivity contribution in [2.45, 2.75) is 51.0 Å². The minimum Gasteiger partial charge on any atom is -0.399 e. The van der Waals surface area contributed by atoms with Crippen LogP contribution in [0, 0.1) is 11.8 Å². The minimum atomic E-state index is 0.0595. The predicted octanol–water partition coefficient (Wildman–Crippen LogP) is 3.23. The molecule has 1 heterocycles. The maximum Gasteiger partial charge on any atom is 0.180 e. The van der Waals surface area contributed by atoms with Crippen LogP contribution in [-0.4, -0.2) is 29.8 Å². The molecule has 22 heavy (non-hydrogen) atoms. The minimum absolute atomic E-state index is 0.0595. The SMILES string of the molecule is C[C@H]1[C@H]2C(=O)c3ccc(N)cc3[C@@]1(C)CCCN2CC1CC1. The van der Waals surface area contributed by atoms with Crippen LogP contribution in [0.15, 0.2) is 18.2 Å². The number of hydrogen-bond acceptors (Lipinski definition) is 3. The molecule has 0 aromatic heterocycles. The Bertz CT molecular complexity index is 622. The van der Waals surface area contributed by atoms with E-state index in [-0.39, 0.29) is 11.5 Å². The molecule has 3 heteroatoms. The third-order valence-electron chi connectivity index (χ3n) is 6.40. The summed E-state index contributed by atoms with van der Waals surface area (Å²) in [4.78, 5) is 15.7. The quantitative estimate of drug-likeness (QED) is 0.853. The number of rotatable bonds is 2. The molecular weight excluding hydrogens is 272 g/mol. The zero-order valence-corrected chi connectivity index (χ0v) is 13.6. The molecule has 1 aromatic rings. The van der Waals surface area contributed by atoms with E-state index in [1.54, 1.807) is 0 Å². The lowest BCUT2D eigenvalue weighted by Crippen LogP contribution is -2.53. The van der Waals surface area contributed by atoms with Gasteiger partial charge in [-0.1, -0.05) is 13.8 Å². The highest BCUT2D eigenvalue weighted by molar-refractivity contribution is 6.03. The van der Waals surface area contributed by atoms with Crippen molar-refractivity contribution in [2.75, 3.05) is 18.8 Å². The Balaban J connectivity index is 1.81.